The molecule has 0 heterocycles. The van der Waals surface area contributed by atoms with E-state index >= 15 is 0 Å². The van der Waals surface area contributed by atoms with Crippen molar-refractivity contribution in [1.29, 1.82) is 0 Å². The topological polar surface area (TPSA) is 62.8 Å². The molecule has 1 aromatic carbocycles. The Hall–Kier alpha value is -0.240. The van der Waals surface area contributed by atoms with Gasteiger partial charge in [0.1, 0.15) is 0 Å². The van der Waals surface area contributed by atoms with Gasteiger partial charge < -0.3 is 25.2 Å². The molecule has 0 spiro atoms. The lowest BCUT2D eigenvalue weighted by Crippen LogP contribution is -2.23. The van der Waals surface area contributed by atoms with Gasteiger partial charge >= 0.3 is 0 Å². The van der Waals surface area contributed by atoms with Gasteiger partial charge in [-0.1, -0.05) is 0 Å². The molecule has 5 nitrogen and oxygen atoms in total. The number of ether oxygens (including phenoxy) is 2. The van der Waals surface area contributed by atoms with Crippen molar-refractivity contribution in [3.63, 3.8) is 0 Å². The summed E-state index contributed by atoms with van der Waals surface area (Å²) in [5.74, 6) is 1.44. The van der Waals surface area contributed by atoms with Crippen LogP contribution in [0.2, 0.25) is 0 Å². The van der Waals surface area contributed by atoms with Gasteiger partial charge in [-0.05, 0) is 53.1 Å². The first kappa shape index (κ1) is 24.0. The van der Waals surface area contributed by atoms with E-state index in [9.17, 15) is 0 Å². The van der Waals surface area contributed by atoms with Crippen LogP contribution in [0, 0.1) is 0 Å². The number of aliphatic hydroxyl groups is 1. The van der Waals surface area contributed by atoms with Crippen molar-refractivity contribution in [3.05, 3.63) is 22.2 Å². The zero-order valence-corrected chi connectivity index (χ0v) is 16.1. The first-order chi connectivity index (χ1) is 9.72. The maximum Gasteiger partial charge on any atom is 0.174 e. The lowest BCUT2D eigenvalue weighted by molar-refractivity contribution is 0.292. The number of methoxy groups -OCH3 is 2. The molecule has 0 aliphatic rings. The molecular formula is C14H25BrCl2N2O3. The van der Waals surface area contributed by atoms with Gasteiger partial charge in [0, 0.05) is 13.1 Å². The second kappa shape index (κ2) is 14.4. The summed E-state index contributed by atoms with van der Waals surface area (Å²) in [5, 5.41) is 15.1. The minimum Gasteiger partial charge on any atom is -0.493 e. The molecule has 1 aromatic rings. The Labute approximate surface area is 153 Å². The fourth-order valence-corrected chi connectivity index (χ4v) is 2.50. The molecule has 130 valence electrons. The fourth-order valence-electron chi connectivity index (χ4n) is 1.85. The standard InChI is InChI=1S/C14H23BrN2O3.2ClH/c1-19-13-9-11(8-12(15)14(13)20-2)10-17-5-3-4-16-6-7-18;;/h8-9,16-18H,3-7,10H2,1-2H3;2*1H. The van der Waals surface area contributed by atoms with Crippen LogP contribution in [0.1, 0.15) is 12.0 Å². The molecule has 0 amide bonds. The van der Waals surface area contributed by atoms with Crippen molar-refractivity contribution < 1.29 is 14.6 Å². The monoisotopic (exact) mass is 418 g/mol. The van der Waals surface area contributed by atoms with Gasteiger partial charge in [0.05, 0.1) is 25.3 Å². The summed E-state index contributed by atoms with van der Waals surface area (Å²) in [4.78, 5) is 0. The van der Waals surface area contributed by atoms with Gasteiger partial charge in [-0.3, -0.25) is 0 Å². The molecule has 3 N–H and O–H groups in total. The minimum absolute atomic E-state index is 0. The van der Waals surface area contributed by atoms with E-state index in [1.807, 2.05) is 12.1 Å². The van der Waals surface area contributed by atoms with Crippen LogP contribution in [0.4, 0.5) is 0 Å². The number of aliphatic hydroxyl groups excluding tert-OH is 1. The number of hydrogen-bond acceptors (Lipinski definition) is 5. The third kappa shape index (κ3) is 8.41. The van der Waals surface area contributed by atoms with E-state index in [0.29, 0.717) is 12.3 Å². The number of rotatable bonds is 10. The van der Waals surface area contributed by atoms with Crippen LogP contribution < -0.4 is 20.1 Å². The molecule has 22 heavy (non-hydrogen) atoms. The normalized spacial score (nSPS) is 9.64. The van der Waals surface area contributed by atoms with Crippen LogP contribution in [0.15, 0.2) is 16.6 Å². The fraction of sp³-hybridized carbons (Fsp3) is 0.571. The Morgan fingerprint density at radius 2 is 1.73 bits per heavy atom. The van der Waals surface area contributed by atoms with Crippen molar-refractivity contribution in [2.24, 2.45) is 0 Å². The molecule has 1 rings (SSSR count). The summed E-state index contributed by atoms with van der Waals surface area (Å²) in [7, 11) is 3.26. The van der Waals surface area contributed by atoms with E-state index in [1.54, 1.807) is 14.2 Å². The highest BCUT2D eigenvalue weighted by atomic mass is 79.9. The molecule has 0 saturated carbocycles. The molecule has 0 unspecified atom stereocenters. The lowest BCUT2D eigenvalue weighted by atomic mass is 10.2. The van der Waals surface area contributed by atoms with Crippen LogP contribution in [0.3, 0.4) is 0 Å². The Morgan fingerprint density at radius 3 is 2.32 bits per heavy atom. The Morgan fingerprint density at radius 1 is 1.05 bits per heavy atom. The minimum atomic E-state index is 0. The zero-order valence-electron chi connectivity index (χ0n) is 12.9. The van der Waals surface area contributed by atoms with Crippen molar-refractivity contribution >= 4 is 40.7 Å². The molecule has 0 radical (unpaired) electrons. The Balaban J connectivity index is 0. The molecule has 0 atom stereocenters. The van der Waals surface area contributed by atoms with Gasteiger partial charge in [-0.25, -0.2) is 0 Å². The third-order valence-corrected chi connectivity index (χ3v) is 3.41. The highest BCUT2D eigenvalue weighted by molar-refractivity contribution is 9.10. The van der Waals surface area contributed by atoms with Gasteiger partial charge in [-0.2, -0.15) is 0 Å². The van der Waals surface area contributed by atoms with Crippen molar-refractivity contribution in [1.82, 2.24) is 10.6 Å². The maximum atomic E-state index is 8.63. The van der Waals surface area contributed by atoms with E-state index in [0.717, 1.165) is 41.8 Å². The summed E-state index contributed by atoms with van der Waals surface area (Å²) in [6.07, 6.45) is 1.02. The first-order valence-electron chi connectivity index (χ1n) is 6.65. The summed E-state index contributed by atoms with van der Waals surface area (Å²) >= 11 is 3.48. The summed E-state index contributed by atoms with van der Waals surface area (Å²) < 4.78 is 11.5. The largest absolute Gasteiger partial charge is 0.493 e. The quantitative estimate of drug-likeness (QED) is 0.508. The highest BCUT2D eigenvalue weighted by Crippen LogP contribution is 2.36. The molecule has 0 aliphatic heterocycles. The van der Waals surface area contributed by atoms with E-state index in [-0.39, 0.29) is 31.4 Å². The summed E-state index contributed by atoms with van der Waals surface area (Å²) in [6.45, 7) is 3.45. The summed E-state index contributed by atoms with van der Waals surface area (Å²) in [6, 6.07) is 4.00. The Bertz CT molecular complexity index is 412. The van der Waals surface area contributed by atoms with Gasteiger partial charge in [-0.15, -0.1) is 24.8 Å². The van der Waals surface area contributed by atoms with Crippen LogP contribution in [-0.2, 0) is 6.54 Å². The van der Waals surface area contributed by atoms with Crippen LogP contribution >= 0.6 is 40.7 Å². The molecule has 0 aliphatic carbocycles. The second-order valence-electron chi connectivity index (χ2n) is 4.32. The van der Waals surface area contributed by atoms with Crippen LogP contribution in [0.5, 0.6) is 11.5 Å². The third-order valence-electron chi connectivity index (χ3n) is 2.82. The maximum absolute atomic E-state index is 8.63. The number of nitrogens with one attached hydrogen (secondary N) is 2. The average molecular weight is 420 g/mol. The van der Waals surface area contributed by atoms with E-state index in [1.165, 1.54) is 0 Å². The molecule has 8 heteroatoms. The summed E-state index contributed by atoms with van der Waals surface area (Å²) in [5.41, 5.74) is 1.14. The molecule has 0 fully saturated rings. The van der Waals surface area contributed by atoms with Crippen LogP contribution in [0.25, 0.3) is 0 Å². The van der Waals surface area contributed by atoms with Gasteiger partial charge in [0.2, 0.25) is 0 Å². The molecule has 0 bridgehead atoms. The number of halogens is 3. The SMILES string of the molecule is COc1cc(CNCCCNCCO)cc(Br)c1OC.Cl.Cl. The van der Waals surface area contributed by atoms with E-state index in [2.05, 4.69) is 26.6 Å². The average Bonchev–Trinajstić information content (AvgIpc) is 2.45. The first-order valence-corrected chi connectivity index (χ1v) is 7.45. The van der Waals surface area contributed by atoms with Crippen molar-refractivity contribution in [2.75, 3.05) is 40.5 Å². The van der Waals surface area contributed by atoms with Crippen molar-refractivity contribution in [2.45, 2.75) is 13.0 Å². The zero-order chi connectivity index (χ0) is 14.8. The second-order valence-corrected chi connectivity index (χ2v) is 5.17. The molecular weight excluding hydrogens is 395 g/mol. The van der Waals surface area contributed by atoms with Gasteiger partial charge in [0.15, 0.2) is 11.5 Å². The predicted molar refractivity (Wildman–Crippen MR) is 98.0 cm³/mol. The van der Waals surface area contributed by atoms with Crippen LogP contribution in [-0.4, -0.2) is 45.6 Å². The van der Waals surface area contributed by atoms with Crippen molar-refractivity contribution in [3.8, 4) is 11.5 Å². The van der Waals surface area contributed by atoms with Gasteiger partial charge in [0.25, 0.3) is 0 Å². The molecule has 0 saturated heterocycles. The Kier molecular flexibility index (Phi) is 15.7. The number of benzene rings is 1. The lowest BCUT2D eigenvalue weighted by Gasteiger charge is -2.12. The van der Waals surface area contributed by atoms with E-state index in [4.69, 9.17) is 14.6 Å². The number of hydrogen-bond donors (Lipinski definition) is 3. The predicted octanol–water partition coefficient (Wildman–Crippen LogP) is 2.37. The smallest absolute Gasteiger partial charge is 0.174 e. The highest BCUT2D eigenvalue weighted by Gasteiger charge is 2.10. The molecule has 0 aromatic heterocycles. The van der Waals surface area contributed by atoms with E-state index < -0.39 is 0 Å².